The predicted molar refractivity (Wildman–Crippen MR) is 166 cm³/mol. The largest absolute Gasteiger partial charge is 0.493 e. The van der Waals surface area contributed by atoms with Crippen molar-refractivity contribution in [2.45, 2.75) is 59.6 Å². The third-order valence-corrected chi connectivity index (χ3v) is 7.58. The fourth-order valence-electron chi connectivity index (χ4n) is 5.50. The third-order valence-electron chi connectivity index (χ3n) is 7.58. The number of hydrogen-bond donors (Lipinski definition) is 0. The summed E-state index contributed by atoms with van der Waals surface area (Å²) in [5.74, 6) is 1.32. The van der Waals surface area contributed by atoms with E-state index < -0.39 is 17.7 Å². The van der Waals surface area contributed by atoms with Crippen molar-refractivity contribution in [1.29, 1.82) is 0 Å². The zero-order valence-corrected chi connectivity index (χ0v) is 26.2. The van der Waals surface area contributed by atoms with Crippen LogP contribution in [-0.4, -0.2) is 71.8 Å². The number of fused-ring (bicyclic) bond motifs is 3. The maximum Gasteiger partial charge on any atom is 0.410 e. The molecule has 0 atom stereocenters. The second-order valence-electron chi connectivity index (χ2n) is 11.7. The molecule has 0 N–H and O–H groups in total. The standard InChI is InChI=1S/C33H39N5O6/c1-7-38-28-24(30(39)36(6)26-10-9-15-34-29(26)38)18-21(19-35-28)14-17-43-27-12-11-23(31(40)42-8-2)25-20-37(16-13-22(25)27)32(41)44-33(3,4)5/h9-12,15,18-19H,7-8,13-14,16-17,20H2,1-6H3. The van der Waals surface area contributed by atoms with Gasteiger partial charge in [-0.3, -0.25) is 4.79 Å². The summed E-state index contributed by atoms with van der Waals surface area (Å²) in [5, 5.41) is 0. The number of nitrogens with zero attached hydrogens (tertiary/aromatic N) is 5. The Morgan fingerprint density at radius 1 is 1.05 bits per heavy atom. The Morgan fingerprint density at radius 3 is 2.57 bits per heavy atom. The molecule has 2 aliphatic rings. The summed E-state index contributed by atoms with van der Waals surface area (Å²) in [6.07, 6.45) is 4.06. The van der Waals surface area contributed by atoms with Crippen LogP contribution in [0.2, 0.25) is 0 Å². The van der Waals surface area contributed by atoms with E-state index in [4.69, 9.17) is 19.2 Å². The maximum atomic E-state index is 13.5. The van der Waals surface area contributed by atoms with Crippen LogP contribution in [0.25, 0.3) is 0 Å². The molecular weight excluding hydrogens is 562 g/mol. The number of benzene rings is 1. The van der Waals surface area contributed by atoms with Crippen molar-refractivity contribution in [3.63, 3.8) is 0 Å². The molecule has 1 aromatic carbocycles. The molecule has 0 radical (unpaired) electrons. The zero-order chi connectivity index (χ0) is 31.6. The molecule has 0 unspecified atom stereocenters. The van der Waals surface area contributed by atoms with Gasteiger partial charge in [0.05, 0.1) is 36.6 Å². The highest BCUT2D eigenvalue weighted by molar-refractivity contribution is 6.12. The predicted octanol–water partition coefficient (Wildman–Crippen LogP) is 5.32. The molecule has 2 aliphatic heterocycles. The molecule has 2 amide bonds. The highest BCUT2D eigenvalue weighted by atomic mass is 16.6. The molecule has 0 aliphatic carbocycles. The fraction of sp³-hybridized carbons (Fsp3) is 0.424. The average molecular weight is 602 g/mol. The molecular formula is C33H39N5O6. The molecule has 0 saturated carbocycles. The molecule has 3 aromatic rings. The number of carbonyl (C=O) groups excluding carboxylic acids is 3. The van der Waals surface area contributed by atoms with E-state index in [9.17, 15) is 14.4 Å². The lowest BCUT2D eigenvalue weighted by atomic mass is 9.94. The first-order chi connectivity index (χ1) is 21.0. The van der Waals surface area contributed by atoms with Gasteiger partial charge in [-0.15, -0.1) is 0 Å². The van der Waals surface area contributed by atoms with E-state index in [0.717, 1.165) is 16.8 Å². The van der Waals surface area contributed by atoms with Crippen LogP contribution < -0.4 is 14.5 Å². The third kappa shape index (κ3) is 6.17. The van der Waals surface area contributed by atoms with Gasteiger partial charge < -0.3 is 28.9 Å². The Hall–Kier alpha value is -4.67. The van der Waals surface area contributed by atoms with Crippen LogP contribution in [0.15, 0.2) is 42.7 Å². The quantitative estimate of drug-likeness (QED) is 0.332. The molecule has 2 aromatic heterocycles. The second kappa shape index (κ2) is 12.5. The Morgan fingerprint density at radius 2 is 1.84 bits per heavy atom. The molecule has 232 valence electrons. The van der Waals surface area contributed by atoms with Gasteiger partial charge in [0.25, 0.3) is 5.91 Å². The SMILES string of the molecule is CCOC(=O)c1ccc(OCCc2cnc3c(c2)C(=O)N(C)c2cccnc2N3CC)c2c1CN(C(=O)OC(C)(C)C)CC2. The van der Waals surface area contributed by atoms with Crippen LogP contribution in [0.5, 0.6) is 5.75 Å². The van der Waals surface area contributed by atoms with Crippen molar-refractivity contribution in [3.05, 3.63) is 70.5 Å². The van der Waals surface area contributed by atoms with Crippen molar-refractivity contribution in [1.82, 2.24) is 14.9 Å². The van der Waals surface area contributed by atoms with Crippen LogP contribution in [0.3, 0.4) is 0 Å². The van der Waals surface area contributed by atoms with Gasteiger partial charge in [0.15, 0.2) is 5.82 Å². The molecule has 4 heterocycles. The summed E-state index contributed by atoms with van der Waals surface area (Å²) in [4.78, 5) is 53.5. The van der Waals surface area contributed by atoms with Crippen LogP contribution in [0.4, 0.5) is 22.1 Å². The van der Waals surface area contributed by atoms with Crippen molar-refractivity contribution in [3.8, 4) is 5.75 Å². The Bertz CT molecular complexity index is 1580. The first-order valence-electron chi connectivity index (χ1n) is 14.9. The first kappa shape index (κ1) is 30.8. The molecule has 11 nitrogen and oxygen atoms in total. The summed E-state index contributed by atoms with van der Waals surface area (Å²) in [5.41, 5.74) is 3.44. The molecule has 0 bridgehead atoms. The number of carbonyl (C=O) groups is 3. The van der Waals surface area contributed by atoms with E-state index >= 15 is 0 Å². The van der Waals surface area contributed by atoms with Gasteiger partial charge in [-0.2, -0.15) is 0 Å². The number of esters is 1. The van der Waals surface area contributed by atoms with Gasteiger partial charge >= 0.3 is 12.1 Å². The van der Waals surface area contributed by atoms with E-state index in [1.54, 1.807) is 48.3 Å². The topological polar surface area (TPSA) is 114 Å². The zero-order valence-electron chi connectivity index (χ0n) is 26.2. The Balaban J connectivity index is 1.36. The minimum absolute atomic E-state index is 0.154. The molecule has 0 fully saturated rings. The van der Waals surface area contributed by atoms with Gasteiger partial charge in [0.2, 0.25) is 0 Å². The number of pyridine rings is 2. The molecule has 0 saturated heterocycles. The normalized spacial score (nSPS) is 14.3. The molecule has 5 rings (SSSR count). The number of amides is 2. The summed E-state index contributed by atoms with van der Waals surface area (Å²) in [7, 11) is 1.74. The number of rotatable bonds is 7. The van der Waals surface area contributed by atoms with Gasteiger partial charge in [-0.1, -0.05) is 0 Å². The van der Waals surface area contributed by atoms with E-state index in [1.807, 2.05) is 50.8 Å². The van der Waals surface area contributed by atoms with E-state index in [1.165, 1.54) is 0 Å². The number of ether oxygens (including phenoxy) is 3. The van der Waals surface area contributed by atoms with Crippen molar-refractivity contribution < 1.29 is 28.6 Å². The number of anilines is 3. The average Bonchev–Trinajstić information content (AvgIpc) is 3.08. The highest BCUT2D eigenvalue weighted by Crippen LogP contribution is 2.37. The number of aromatic nitrogens is 2. The van der Waals surface area contributed by atoms with Crippen LogP contribution in [0, 0.1) is 0 Å². The minimum atomic E-state index is -0.632. The van der Waals surface area contributed by atoms with Crippen LogP contribution >= 0.6 is 0 Å². The first-order valence-corrected chi connectivity index (χ1v) is 14.9. The Kier molecular flexibility index (Phi) is 8.75. The van der Waals surface area contributed by atoms with Crippen molar-refractivity contribution in [2.24, 2.45) is 0 Å². The van der Waals surface area contributed by atoms with E-state index in [2.05, 4.69) is 4.98 Å². The summed E-state index contributed by atoms with van der Waals surface area (Å²) in [6, 6.07) is 9.04. The molecule has 11 heteroatoms. The van der Waals surface area contributed by atoms with E-state index in [0.29, 0.717) is 66.6 Å². The lowest BCUT2D eigenvalue weighted by molar-refractivity contribution is 0.0218. The van der Waals surface area contributed by atoms with Gasteiger partial charge in [0.1, 0.15) is 17.2 Å². The minimum Gasteiger partial charge on any atom is -0.493 e. The van der Waals surface area contributed by atoms with E-state index in [-0.39, 0.29) is 19.1 Å². The summed E-state index contributed by atoms with van der Waals surface area (Å²) in [6.45, 7) is 11.0. The highest BCUT2D eigenvalue weighted by Gasteiger charge is 2.32. The second-order valence-corrected chi connectivity index (χ2v) is 11.7. The van der Waals surface area contributed by atoms with Gasteiger partial charge in [-0.25, -0.2) is 19.6 Å². The van der Waals surface area contributed by atoms with Gasteiger partial charge in [0, 0.05) is 44.5 Å². The van der Waals surface area contributed by atoms with Gasteiger partial charge in [-0.05, 0) is 82.5 Å². The van der Waals surface area contributed by atoms with Crippen LogP contribution in [0.1, 0.15) is 72.0 Å². The summed E-state index contributed by atoms with van der Waals surface area (Å²) >= 11 is 0. The monoisotopic (exact) mass is 601 g/mol. The molecule has 0 spiro atoms. The molecule has 44 heavy (non-hydrogen) atoms. The Labute approximate surface area is 257 Å². The van der Waals surface area contributed by atoms with Crippen molar-refractivity contribution >= 4 is 35.3 Å². The maximum absolute atomic E-state index is 13.5. The lowest BCUT2D eigenvalue weighted by Crippen LogP contribution is -2.40. The number of hydrogen-bond acceptors (Lipinski definition) is 9. The fourth-order valence-corrected chi connectivity index (χ4v) is 5.50. The van der Waals surface area contributed by atoms with Crippen LogP contribution in [-0.2, 0) is 28.9 Å². The summed E-state index contributed by atoms with van der Waals surface area (Å²) < 4.78 is 17.1. The lowest BCUT2D eigenvalue weighted by Gasteiger charge is -2.32. The van der Waals surface area contributed by atoms with Crippen molar-refractivity contribution in [2.75, 3.05) is 43.2 Å². The smallest absolute Gasteiger partial charge is 0.410 e.